The molecule has 2 heterocycles. The molecule has 4 rings (SSSR count). The van der Waals surface area contributed by atoms with Gasteiger partial charge in [-0.15, -0.1) is 0 Å². The van der Waals surface area contributed by atoms with Crippen molar-refractivity contribution in [3.8, 4) is 5.75 Å². The predicted octanol–water partition coefficient (Wildman–Crippen LogP) is 5.33. The van der Waals surface area contributed by atoms with E-state index in [1.54, 1.807) is 19.2 Å². The van der Waals surface area contributed by atoms with Crippen molar-refractivity contribution in [2.24, 2.45) is 0 Å². The van der Waals surface area contributed by atoms with Crippen molar-refractivity contribution >= 4 is 50.0 Å². The second-order valence-corrected chi connectivity index (χ2v) is 8.26. The summed E-state index contributed by atoms with van der Waals surface area (Å²) < 4.78 is 45.6. The molecule has 0 spiro atoms. The standard InChI is InChI=1S/C20H18ClF3N4O2S/c1-30-15-7-6-13(21)17-16(15)26-19(31-17)28-10-8-27(9-11-28)18(29)25-14-5-3-2-4-12(14)20(22,23)24/h2-7H,8-11H2,1H3,(H,25,29). The van der Waals surface area contributed by atoms with Crippen LogP contribution in [0.25, 0.3) is 10.2 Å². The molecule has 31 heavy (non-hydrogen) atoms. The zero-order valence-electron chi connectivity index (χ0n) is 16.4. The molecule has 2 amide bonds. The largest absolute Gasteiger partial charge is 0.494 e. The first-order chi connectivity index (χ1) is 14.8. The number of anilines is 2. The monoisotopic (exact) mass is 470 g/mol. The van der Waals surface area contributed by atoms with Crippen molar-refractivity contribution in [3.05, 3.63) is 47.0 Å². The van der Waals surface area contributed by atoms with Gasteiger partial charge in [-0.25, -0.2) is 9.78 Å². The average molecular weight is 471 g/mol. The summed E-state index contributed by atoms with van der Waals surface area (Å²) in [6.07, 6.45) is -4.54. The Balaban J connectivity index is 1.44. The second-order valence-electron chi connectivity index (χ2n) is 6.87. The zero-order chi connectivity index (χ0) is 22.2. The number of benzene rings is 2. The van der Waals surface area contributed by atoms with E-state index in [0.717, 1.165) is 15.9 Å². The van der Waals surface area contributed by atoms with Crippen molar-refractivity contribution in [2.45, 2.75) is 6.18 Å². The third-order valence-corrected chi connectivity index (χ3v) is 6.56. The Morgan fingerprint density at radius 1 is 1.16 bits per heavy atom. The number of methoxy groups -OCH3 is 1. The van der Waals surface area contributed by atoms with Gasteiger partial charge in [0.2, 0.25) is 0 Å². The second kappa shape index (κ2) is 8.43. The third-order valence-electron chi connectivity index (χ3n) is 4.98. The number of halogens is 4. The van der Waals surface area contributed by atoms with Gasteiger partial charge in [0.25, 0.3) is 0 Å². The number of ether oxygens (including phenoxy) is 1. The summed E-state index contributed by atoms with van der Waals surface area (Å²) in [6, 6.07) is 7.88. The van der Waals surface area contributed by atoms with E-state index in [1.165, 1.54) is 34.4 Å². The zero-order valence-corrected chi connectivity index (χ0v) is 17.9. The van der Waals surface area contributed by atoms with Gasteiger partial charge in [0.15, 0.2) is 5.13 Å². The van der Waals surface area contributed by atoms with E-state index in [0.29, 0.717) is 42.5 Å². The molecule has 0 radical (unpaired) electrons. The van der Waals surface area contributed by atoms with Gasteiger partial charge in [0, 0.05) is 26.2 Å². The van der Waals surface area contributed by atoms with Crippen LogP contribution >= 0.6 is 22.9 Å². The summed E-state index contributed by atoms with van der Waals surface area (Å²) in [5, 5.41) is 3.72. The number of amides is 2. The summed E-state index contributed by atoms with van der Waals surface area (Å²) in [6.45, 7) is 1.68. The first-order valence-corrected chi connectivity index (χ1v) is 10.6. The molecule has 0 atom stereocenters. The number of nitrogens with zero attached hydrogens (tertiary/aromatic N) is 3. The van der Waals surface area contributed by atoms with Crippen LogP contribution < -0.4 is 15.0 Å². The van der Waals surface area contributed by atoms with Crippen molar-refractivity contribution in [3.63, 3.8) is 0 Å². The first-order valence-electron chi connectivity index (χ1n) is 9.38. The highest BCUT2D eigenvalue weighted by Gasteiger charge is 2.34. The number of aromatic nitrogens is 1. The molecule has 1 fully saturated rings. The molecular formula is C20H18ClF3N4O2S. The number of urea groups is 1. The summed E-state index contributed by atoms with van der Waals surface area (Å²) in [5.41, 5.74) is -0.448. The molecule has 1 N–H and O–H groups in total. The lowest BCUT2D eigenvalue weighted by molar-refractivity contribution is -0.136. The molecule has 0 saturated carbocycles. The number of thiazole rings is 1. The number of para-hydroxylation sites is 1. The van der Waals surface area contributed by atoms with Gasteiger partial charge in [-0.05, 0) is 24.3 Å². The molecule has 1 aliphatic heterocycles. The summed E-state index contributed by atoms with van der Waals surface area (Å²) in [5.74, 6) is 0.628. The highest BCUT2D eigenvalue weighted by atomic mass is 35.5. The van der Waals surface area contributed by atoms with Crippen LogP contribution in [-0.4, -0.2) is 49.2 Å². The molecular weight excluding hydrogens is 453 g/mol. The molecule has 3 aromatic rings. The van der Waals surface area contributed by atoms with Crippen LogP contribution in [0.3, 0.4) is 0 Å². The van der Waals surface area contributed by atoms with Crippen molar-refractivity contribution in [1.29, 1.82) is 0 Å². The fraction of sp³-hybridized carbons (Fsp3) is 0.300. The molecule has 1 aliphatic rings. The maximum atomic E-state index is 13.2. The molecule has 0 bridgehead atoms. The lowest BCUT2D eigenvalue weighted by Gasteiger charge is -2.34. The number of hydrogen-bond acceptors (Lipinski definition) is 5. The van der Waals surface area contributed by atoms with Crippen LogP contribution in [0.4, 0.5) is 28.8 Å². The molecule has 1 aromatic heterocycles. The van der Waals surface area contributed by atoms with E-state index in [1.807, 2.05) is 4.90 Å². The van der Waals surface area contributed by atoms with Crippen molar-refractivity contribution in [1.82, 2.24) is 9.88 Å². The van der Waals surface area contributed by atoms with Gasteiger partial charge in [-0.3, -0.25) is 0 Å². The molecule has 164 valence electrons. The van der Waals surface area contributed by atoms with Gasteiger partial charge in [0.1, 0.15) is 11.3 Å². The normalized spacial score (nSPS) is 14.7. The minimum atomic E-state index is -4.54. The van der Waals surface area contributed by atoms with Crippen molar-refractivity contribution in [2.75, 3.05) is 43.5 Å². The number of fused-ring (bicyclic) bond motifs is 1. The highest BCUT2D eigenvalue weighted by Crippen LogP contribution is 2.39. The Bertz CT molecular complexity index is 1110. The van der Waals surface area contributed by atoms with Crippen molar-refractivity contribution < 1.29 is 22.7 Å². The van der Waals surface area contributed by atoms with E-state index in [9.17, 15) is 18.0 Å². The fourth-order valence-corrected chi connectivity index (χ4v) is 4.68. The first kappa shape index (κ1) is 21.5. The van der Waals surface area contributed by atoms with Gasteiger partial charge >= 0.3 is 12.2 Å². The average Bonchev–Trinajstić information content (AvgIpc) is 3.20. The van der Waals surface area contributed by atoms with Crippen LogP contribution in [0, 0.1) is 0 Å². The number of alkyl halides is 3. The topological polar surface area (TPSA) is 57.7 Å². The highest BCUT2D eigenvalue weighted by molar-refractivity contribution is 7.22. The van der Waals surface area contributed by atoms with Gasteiger partial charge in [-0.1, -0.05) is 35.1 Å². The number of nitrogens with one attached hydrogen (secondary N) is 1. The number of carbonyl (C=O) groups is 1. The molecule has 11 heteroatoms. The maximum absolute atomic E-state index is 13.2. The van der Waals surface area contributed by atoms with Crippen LogP contribution in [0.1, 0.15) is 5.56 Å². The maximum Gasteiger partial charge on any atom is 0.418 e. The minimum Gasteiger partial charge on any atom is -0.494 e. The SMILES string of the molecule is COc1ccc(Cl)c2sc(N3CCN(C(=O)Nc4ccccc4C(F)(F)F)CC3)nc12. The van der Waals surface area contributed by atoms with E-state index in [4.69, 9.17) is 16.3 Å². The smallest absolute Gasteiger partial charge is 0.418 e. The van der Waals surface area contributed by atoms with E-state index < -0.39 is 17.8 Å². The van der Waals surface area contributed by atoms with Crippen LogP contribution in [0.15, 0.2) is 36.4 Å². The Kier molecular flexibility index (Phi) is 5.85. The van der Waals surface area contributed by atoms with Gasteiger partial charge in [-0.2, -0.15) is 13.2 Å². The van der Waals surface area contributed by atoms with E-state index >= 15 is 0 Å². The Labute approximate surface area is 185 Å². The van der Waals surface area contributed by atoms with Crippen LogP contribution in [0.2, 0.25) is 5.02 Å². The fourth-order valence-electron chi connectivity index (χ4n) is 3.38. The van der Waals surface area contributed by atoms with E-state index in [2.05, 4.69) is 10.3 Å². The predicted molar refractivity (Wildman–Crippen MR) is 115 cm³/mol. The lowest BCUT2D eigenvalue weighted by Crippen LogP contribution is -2.50. The molecule has 6 nitrogen and oxygen atoms in total. The number of rotatable bonds is 3. The Morgan fingerprint density at radius 2 is 1.87 bits per heavy atom. The molecule has 0 aliphatic carbocycles. The lowest BCUT2D eigenvalue weighted by atomic mass is 10.1. The third kappa shape index (κ3) is 4.35. The minimum absolute atomic E-state index is 0.254. The summed E-state index contributed by atoms with van der Waals surface area (Å²) in [4.78, 5) is 20.7. The molecule has 1 saturated heterocycles. The van der Waals surface area contributed by atoms with Crippen LogP contribution in [-0.2, 0) is 6.18 Å². The van der Waals surface area contributed by atoms with Gasteiger partial charge in [0.05, 0.1) is 28.1 Å². The van der Waals surface area contributed by atoms with E-state index in [-0.39, 0.29) is 5.69 Å². The molecule has 2 aromatic carbocycles. The Hall–Kier alpha value is -2.72. The quantitative estimate of drug-likeness (QED) is 0.562. The Morgan fingerprint density at radius 3 is 2.55 bits per heavy atom. The summed E-state index contributed by atoms with van der Waals surface area (Å²) >= 11 is 7.72. The number of piperazine rings is 1. The number of hydrogen-bond donors (Lipinski definition) is 1. The summed E-state index contributed by atoms with van der Waals surface area (Å²) in [7, 11) is 1.57. The van der Waals surface area contributed by atoms with Crippen LogP contribution in [0.5, 0.6) is 5.75 Å². The van der Waals surface area contributed by atoms with Gasteiger partial charge < -0.3 is 19.9 Å². The number of carbonyl (C=O) groups excluding carboxylic acids is 1. The molecule has 0 unspecified atom stereocenters.